The van der Waals surface area contributed by atoms with Gasteiger partial charge in [0.1, 0.15) is 12.2 Å². The molecule has 1 amide bonds. The SMILES string of the molecule is Cn1ncc(Cl)c1CC1c2cc(C#N)ccc2C(=O)N1Cc1ccc2c(c1)nnn2COCC[Si](C)(C)C. The average molecular weight is 548 g/mol. The number of carbonyl (C=O) groups is 1. The van der Waals surface area contributed by atoms with Crippen LogP contribution in [0.2, 0.25) is 30.7 Å². The molecule has 0 N–H and O–H groups in total. The van der Waals surface area contributed by atoms with Gasteiger partial charge in [0.05, 0.1) is 40.1 Å². The number of halogens is 1. The molecule has 38 heavy (non-hydrogen) atoms. The molecule has 2 aromatic heterocycles. The first-order chi connectivity index (χ1) is 18.1. The highest BCUT2D eigenvalue weighted by Crippen LogP contribution is 2.39. The maximum Gasteiger partial charge on any atom is 0.255 e. The van der Waals surface area contributed by atoms with Crippen LogP contribution < -0.4 is 0 Å². The Hall–Kier alpha value is -3.52. The summed E-state index contributed by atoms with van der Waals surface area (Å²) in [6, 6.07) is 14.2. The number of amides is 1. The molecule has 0 aliphatic carbocycles. The van der Waals surface area contributed by atoms with Crippen molar-refractivity contribution >= 4 is 36.6 Å². The summed E-state index contributed by atoms with van der Waals surface area (Å²) in [5.41, 5.74) is 5.35. The highest BCUT2D eigenvalue weighted by atomic mass is 35.5. The summed E-state index contributed by atoms with van der Waals surface area (Å²) in [7, 11) is 0.678. The zero-order chi connectivity index (χ0) is 27.0. The molecule has 4 aromatic rings. The summed E-state index contributed by atoms with van der Waals surface area (Å²) in [4.78, 5) is 15.4. The van der Waals surface area contributed by atoms with Gasteiger partial charge in [-0.15, -0.1) is 5.10 Å². The van der Waals surface area contributed by atoms with E-state index in [2.05, 4.69) is 41.1 Å². The van der Waals surface area contributed by atoms with Crippen LogP contribution in [0.4, 0.5) is 0 Å². The lowest BCUT2D eigenvalue weighted by Crippen LogP contribution is -2.29. The van der Waals surface area contributed by atoms with Gasteiger partial charge in [-0.2, -0.15) is 10.4 Å². The second-order valence-electron chi connectivity index (χ2n) is 10.9. The van der Waals surface area contributed by atoms with E-state index in [-0.39, 0.29) is 11.9 Å². The maximum atomic E-state index is 13.5. The number of hydrogen-bond donors (Lipinski definition) is 0. The summed E-state index contributed by atoms with van der Waals surface area (Å²) in [5.74, 6) is -0.0765. The van der Waals surface area contributed by atoms with E-state index in [1.807, 2.05) is 30.1 Å². The first-order valence-corrected chi connectivity index (χ1v) is 16.6. The minimum Gasteiger partial charge on any atom is -0.359 e. The first kappa shape index (κ1) is 26.1. The van der Waals surface area contributed by atoms with E-state index >= 15 is 0 Å². The first-order valence-electron chi connectivity index (χ1n) is 12.6. The van der Waals surface area contributed by atoms with Crippen LogP contribution in [0.1, 0.15) is 38.8 Å². The van der Waals surface area contributed by atoms with Gasteiger partial charge < -0.3 is 9.64 Å². The van der Waals surface area contributed by atoms with Gasteiger partial charge in [0, 0.05) is 40.3 Å². The molecular formula is C27H30ClN7O2Si. The Balaban J connectivity index is 1.39. The molecule has 3 heterocycles. The summed E-state index contributed by atoms with van der Waals surface area (Å²) in [5, 5.41) is 22.9. The Labute approximate surface area is 227 Å². The molecule has 1 aliphatic heterocycles. The number of ether oxygens (including phenoxy) is 1. The molecule has 1 aliphatic rings. The lowest BCUT2D eigenvalue weighted by atomic mass is 9.98. The third kappa shape index (κ3) is 5.22. The number of rotatable bonds is 9. The molecule has 0 spiro atoms. The van der Waals surface area contributed by atoms with Crippen molar-refractivity contribution in [3.8, 4) is 6.07 Å². The van der Waals surface area contributed by atoms with Crippen molar-refractivity contribution in [2.24, 2.45) is 7.05 Å². The van der Waals surface area contributed by atoms with Crippen LogP contribution in [-0.4, -0.2) is 50.3 Å². The average Bonchev–Trinajstić information content (AvgIpc) is 3.51. The van der Waals surface area contributed by atoms with E-state index in [0.717, 1.165) is 33.9 Å². The highest BCUT2D eigenvalue weighted by molar-refractivity contribution is 6.76. The smallest absolute Gasteiger partial charge is 0.255 e. The third-order valence-corrected chi connectivity index (χ3v) is 8.97. The van der Waals surface area contributed by atoms with Crippen molar-refractivity contribution in [1.82, 2.24) is 29.7 Å². The quantitative estimate of drug-likeness (QED) is 0.217. The lowest BCUT2D eigenvalue weighted by molar-refractivity contribution is 0.0708. The molecule has 196 valence electrons. The number of aromatic nitrogens is 5. The second-order valence-corrected chi connectivity index (χ2v) is 16.9. The van der Waals surface area contributed by atoms with Gasteiger partial charge in [-0.25, -0.2) is 4.68 Å². The van der Waals surface area contributed by atoms with Crippen LogP contribution >= 0.6 is 11.6 Å². The number of benzene rings is 2. The predicted molar refractivity (Wildman–Crippen MR) is 147 cm³/mol. The van der Waals surface area contributed by atoms with E-state index in [0.29, 0.717) is 42.5 Å². The number of aryl methyl sites for hydroxylation is 1. The van der Waals surface area contributed by atoms with E-state index in [1.165, 1.54) is 0 Å². The molecule has 2 aromatic carbocycles. The minimum atomic E-state index is -1.16. The maximum absolute atomic E-state index is 13.5. The molecule has 5 rings (SSSR count). The largest absolute Gasteiger partial charge is 0.359 e. The number of nitriles is 1. The van der Waals surface area contributed by atoms with Crippen LogP contribution in [0.3, 0.4) is 0 Å². The summed E-state index contributed by atoms with van der Waals surface area (Å²) >= 11 is 6.42. The minimum absolute atomic E-state index is 0.0765. The number of fused-ring (bicyclic) bond motifs is 2. The summed E-state index contributed by atoms with van der Waals surface area (Å²) in [6.07, 6.45) is 2.09. The van der Waals surface area contributed by atoms with Crippen molar-refractivity contribution in [1.29, 1.82) is 5.26 Å². The zero-order valence-electron chi connectivity index (χ0n) is 22.0. The zero-order valence-corrected chi connectivity index (χ0v) is 23.7. The standard InChI is InChI=1S/C27H30ClN7O2Si/c1-33-26(22(28)15-30-33)13-25-21-11-18(14-29)5-7-20(21)27(36)34(25)16-19-6-8-24-23(12-19)31-32-35(24)17-37-9-10-38(2,3)4/h5-8,11-12,15,25H,9-10,13,16-17H2,1-4H3. The molecule has 11 heteroatoms. The Morgan fingerprint density at radius 2 is 2.00 bits per heavy atom. The summed E-state index contributed by atoms with van der Waals surface area (Å²) in [6.45, 7) is 8.42. The fourth-order valence-electron chi connectivity index (χ4n) is 4.76. The topological polar surface area (TPSA) is 102 Å². The van der Waals surface area contributed by atoms with Gasteiger partial charge >= 0.3 is 0 Å². The van der Waals surface area contributed by atoms with Crippen molar-refractivity contribution < 1.29 is 9.53 Å². The Morgan fingerprint density at radius 3 is 2.71 bits per heavy atom. The Morgan fingerprint density at radius 1 is 1.18 bits per heavy atom. The van der Waals surface area contributed by atoms with Crippen LogP contribution in [0.5, 0.6) is 0 Å². The monoisotopic (exact) mass is 547 g/mol. The van der Waals surface area contributed by atoms with Gasteiger partial charge in [0.25, 0.3) is 5.91 Å². The van der Waals surface area contributed by atoms with E-state index in [9.17, 15) is 10.1 Å². The molecule has 0 bridgehead atoms. The molecule has 9 nitrogen and oxygen atoms in total. The van der Waals surface area contributed by atoms with Crippen molar-refractivity contribution in [2.75, 3.05) is 6.61 Å². The normalized spacial score (nSPS) is 15.3. The molecule has 1 atom stereocenters. The van der Waals surface area contributed by atoms with Crippen LogP contribution in [0.15, 0.2) is 42.6 Å². The third-order valence-electron chi connectivity index (χ3n) is 6.95. The van der Waals surface area contributed by atoms with Gasteiger partial charge in [0.15, 0.2) is 0 Å². The number of nitrogens with zero attached hydrogens (tertiary/aromatic N) is 7. The molecule has 0 saturated heterocycles. The fourth-order valence-corrected chi connectivity index (χ4v) is 5.76. The molecule has 0 radical (unpaired) electrons. The molecule has 1 unspecified atom stereocenters. The fraction of sp³-hybridized carbons (Fsp3) is 0.370. The van der Waals surface area contributed by atoms with E-state index in [1.54, 1.807) is 33.8 Å². The molecule has 0 fully saturated rings. The second kappa shape index (κ2) is 10.3. The van der Waals surface area contributed by atoms with Crippen molar-refractivity contribution in [2.45, 2.75) is 51.4 Å². The molecular weight excluding hydrogens is 518 g/mol. The van der Waals surface area contributed by atoms with Crippen molar-refractivity contribution in [3.63, 3.8) is 0 Å². The van der Waals surface area contributed by atoms with Gasteiger partial charge in [-0.3, -0.25) is 9.48 Å². The van der Waals surface area contributed by atoms with E-state index < -0.39 is 8.07 Å². The van der Waals surface area contributed by atoms with E-state index in [4.69, 9.17) is 16.3 Å². The predicted octanol–water partition coefficient (Wildman–Crippen LogP) is 4.94. The van der Waals surface area contributed by atoms with Gasteiger partial charge in [-0.1, -0.05) is 42.5 Å². The van der Waals surface area contributed by atoms with Crippen LogP contribution in [-0.2, 0) is 31.5 Å². The van der Waals surface area contributed by atoms with Gasteiger partial charge in [-0.05, 0) is 47.5 Å². The highest BCUT2D eigenvalue weighted by Gasteiger charge is 2.38. The Kier molecular flexibility index (Phi) is 7.09. The van der Waals surface area contributed by atoms with Crippen LogP contribution in [0.25, 0.3) is 11.0 Å². The summed E-state index contributed by atoms with van der Waals surface area (Å²) < 4.78 is 9.34. The number of hydrogen-bond acceptors (Lipinski definition) is 6. The van der Waals surface area contributed by atoms with Gasteiger partial charge in [0.2, 0.25) is 0 Å². The number of carbonyl (C=O) groups excluding carboxylic acids is 1. The molecule has 0 saturated carbocycles. The van der Waals surface area contributed by atoms with Crippen LogP contribution in [0, 0.1) is 11.3 Å². The van der Waals surface area contributed by atoms with Crippen molar-refractivity contribution in [3.05, 3.63) is 75.6 Å². The lowest BCUT2D eigenvalue weighted by Gasteiger charge is -2.26. The Bertz CT molecular complexity index is 1530.